The lowest BCUT2D eigenvalue weighted by molar-refractivity contribution is 0.495. The Hall–Kier alpha value is -1.49. The highest BCUT2D eigenvalue weighted by Crippen LogP contribution is 2.19. The van der Waals surface area contributed by atoms with Gasteiger partial charge in [-0.25, -0.2) is 4.39 Å². The summed E-state index contributed by atoms with van der Waals surface area (Å²) >= 11 is 5.81. The second-order valence-corrected chi connectivity index (χ2v) is 4.36. The van der Waals surface area contributed by atoms with Crippen LogP contribution in [0.5, 0.6) is 0 Å². The summed E-state index contributed by atoms with van der Waals surface area (Å²) in [6, 6.07) is 9.90. The molecule has 1 aromatic heterocycles. The van der Waals surface area contributed by atoms with Crippen molar-refractivity contribution in [3.8, 4) is 0 Å². The number of halogens is 2. The van der Waals surface area contributed by atoms with E-state index in [-0.39, 0.29) is 11.9 Å². The van der Waals surface area contributed by atoms with E-state index in [1.165, 1.54) is 6.07 Å². The highest BCUT2D eigenvalue weighted by atomic mass is 35.5. The van der Waals surface area contributed by atoms with Gasteiger partial charge in [0, 0.05) is 11.2 Å². The fourth-order valence-electron chi connectivity index (χ4n) is 1.75. The van der Waals surface area contributed by atoms with Gasteiger partial charge in [0.05, 0.1) is 11.7 Å². The van der Waals surface area contributed by atoms with Crippen molar-refractivity contribution in [2.75, 3.05) is 0 Å². The van der Waals surface area contributed by atoms with E-state index in [4.69, 9.17) is 17.4 Å². The number of nitrogens with two attached hydrogens (primary N) is 1. The quantitative estimate of drug-likeness (QED) is 0.660. The van der Waals surface area contributed by atoms with Crippen molar-refractivity contribution >= 4 is 11.6 Å². The van der Waals surface area contributed by atoms with Gasteiger partial charge in [0.2, 0.25) is 0 Å². The largest absolute Gasteiger partial charge is 0.271 e. The third kappa shape index (κ3) is 3.04. The summed E-state index contributed by atoms with van der Waals surface area (Å²) in [5, 5.41) is 0.667. The second kappa shape index (κ2) is 5.91. The summed E-state index contributed by atoms with van der Waals surface area (Å²) < 4.78 is 13.6. The van der Waals surface area contributed by atoms with E-state index in [2.05, 4.69) is 10.4 Å². The van der Waals surface area contributed by atoms with Crippen molar-refractivity contribution in [3.63, 3.8) is 0 Å². The van der Waals surface area contributed by atoms with Crippen LogP contribution in [-0.4, -0.2) is 4.98 Å². The molecule has 3 N–H and O–H groups in total. The number of hydrogen-bond donors (Lipinski definition) is 2. The molecule has 94 valence electrons. The predicted molar refractivity (Wildman–Crippen MR) is 69.4 cm³/mol. The fraction of sp³-hybridized carbons (Fsp3) is 0.154. The van der Waals surface area contributed by atoms with E-state index in [0.29, 0.717) is 17.1 Å². The molecule has 3 nitrogen and oxygen atoms in total. The van der Waals surface area contributed by atoms with Crippen molar-refractivity contribution in [1.82, 2.24) is 10.4 Å². The Morgan fingerprint density at radius 3 is 2.61 bits per heavy atom. The van der Waals surface area contributed by atoms with Gasteiger partial charge in [0.25, 0.3) is 0 Å². The summed E-state index contributed by atoms with van der Waals surface area (Å²) in [4.78, 5) is 4.02. The lowest BCUT2D eigenvalue weighted by atomic mass is 10.0. The number of benzene rings is 1. The molecule has 5 heteroatoms. The average molecular weight is 266 g/mol. The number of hydrazine groups is 1. The SMILES string of the molecule is NNC(Cc1ccc(Cl)cc1)c1ncccc1F. The van der Waals surface area contributed by atoms with Crippen molar-refractivity contribution < 1.29 is 4.39 Å². The molecule has 18 heavy (non-hydrogen) atoms. The summed E-state index contributed by atoms with van der Waals surface area (Å²) in [7, 11) is 0. The first-order chi connectivity index (χ1) is 8.70. The van der Waals surface area contributed by atoms with Crippen LogP contribution in [0.25, 0.3) is 0 Å². The van der Waals surface area contributed by atoms with Gasteiger partial charge in [-0.15, -0.1) is 0 Å². The third-order valence-corrected chi connectivity index (χ3v) is 2.92. The maximum Gasteiger partial charge on any atom is 0.146 e. The third-order valence-electron chi connectivity index (χ3n) is 2.67. The molecule has 0 aliphatic carbocycles. The van der Waals surface area contributed by atoms with Gasteiger partial charge in [-0.3, -0.25) is 16.3 Å². The zero-order valence-corrected chi connectivity index (χ0v) is 10.4. The van der Waals surface area contributed by atoms with E-state index in [9.17, 15) is 4.39 Å². The Bertz CT molecular complexity index is 516. The van der Waals surface area contributed by atoms with E-state index < -0.39 is 0 Å². The number of nitrogens with zero attached hydrogens (tertiary/aromatic N) is 1. The van der Waals surface area contributed by atoms with Gasteiger partial charge in [0.1, 0.15) is 5.82 Å². The Labute approximate surface area is 110 Å². The number of hydrogen-bond acceptors (Lipinski definition) is 3. The topological polar surface area (TPSA) is 50.9 Å². The van der Waals surface area contributed by atoms with Crippen LogP contribution in [0, 0.1) is 5.82 Å². The molecule has 0 amide bonds. The van der Waals surface area contributed by atoms with Crippen LogP contribution in [-0.2, 0) is 6.42 Å². The summed E-state index contributed by atoms with van der Waals surface area (Å²) in [5.74, 6) is 5.10. The smallest absolute Gasteiger partial charge is 0.146 e. The van der Waals surface area contributed by atoms with Crippen LogP contribution in [0.15, 0.2) is 42.6 Å². The van der Waals surface area contributed by atoms with Gasteiger partial charge in [-0.1, -0.05) is 23.7 Å². The van der Waals surface area contributed by atoms with Gasteiger partial charge in [-0.05, 0) is 36.2 Å². The molecule has 0 saturated heterocycles. The summed E-state index contributed by atoms with van der Waals surface area (Å²) in [6.07, 6.45) is 2.09. The monoisotopic (exact) mass is 265 g/mol. The molecule has 0 aliphatic heterocycles. The summed E-state index contributed by atoms with van der Waals surface area (Å²) in [5.41, 5.74) is 3.91. The molecule has 0 radical (unpaired) electrons. The molecule has 0 spiro atoms. The van der Waals surface area contributed by atoms with Crippen LogP contribution < -0.4 is 11.3 Å². The molecule has 0 bridgehead atoms. The first-order valence-electron chi connectivity index (χ1n) is 5.51. The van der Waals surface area contributed by atoms with Gasteiger partial charge >= 0.3 is 0 Å². The molecule has 0 aliphatic rings. The fourth-order valence-corrected chi connectivity index (χ4v) is 1.87. The van der Waals surface area contributed by atoms with Crippen molar-refractivity contribution in [2.45, 2.75) is 12.5 Å². The molecule has 1 aromatic carbocycles. The summed E-state index contributed by atoms with van der Waals surface area (Å²) in [6.45, 7) is 0. The van der Waals surface area contributed by atoms with Crippen LogP contribution in [0.4, 0.5) is 4.39 Å². The maximum atomic E-state index is 13.6. The Balaban J connectivity index is 2.20. The Morgan fingerprint density at radius 2 is 2.00 bits per heavy atom. The van der Waals surface area contributed by atoms with E-state index in [0.717, 1.165) is 5.56 Å². The second-order valence-electron chi connectivity index (χ2n) is 3.92. The van der Waals surface area contributed by atoms with E-state index >= 15 is 0 Å². The van der Waals surface area contributed by atoms with Gasteiger partial charge in [0.15, 0.2) is 0 Å². The lowest BCUT2D eigenvalue weighted by Gasteiger charge is -2.15. The molecule has 1 heterocycles. The lowest BCUT2D eigenvalue weighted by Crippen LogP contribution is -2.31. The Morgan fingerprint density at radius 1 is 1.28 bits per heavy atom. The number of aromatic nitrogens is 1. The minimum Gasteiger partial charge on any atom is -0.271 e. The Kier molecular flexibility index (Phi) is 4.25. The molecule has 1 atom stereocenters. The van der Waals surface area contributed by atoms with Crippen LogP contribution >= 0.6 is 11.6 Å². The highest BCUT2D eigenvalue weighted by Gasteiger charge is 2.16. The van der Waals surface area contributed by atoms with Gasteiger partial charge in [-0.2, -0.15) is 0 Å². The molecule has 0 saturated carbocycles. The van der Waals surface area contributed by atoms with Crippen LogP contribution in [0.3, 0.4) is 0 Å². The zero-order chi connectivity index (χ0) is 13.0. The highest BCUT2D eigenvalue weighted by molar-refractivity contribution is 6.30. The van der Waals surface area contributed by atoms with E-state index in [1.54, 1.807) is 24.4 Å². The molecule has 0 fully saturated rings. The molecule has 2 rings (SSSR count). The first kappa shape index (κ1) is 13.0. The number of nitrogens with one attached hydrogen (secondary N) is 1. The minimum atomic E-state index is -0.368. The van der Waals surface area contributed by atoms with Crippen LogP contribution in [0.1, 0.15) is 17.3 Å². The number of rotatable bonds is 4. The first-order valence-corrected chi connectivity index (χ1v) is 5.89. The minimum absolute atomic E-state index is 0.315. The van der Waals surface area contributed by atoms with E-state index in [1.807, 2.05) is 12.1 Å². The zero-order valence-electron chi connectivity index (χ0n) is 9.61. The standard InChI is InChI=1S/C13H13ClFN3/c14-10-5-3-9(4-6-10)8-12(18-16)13-11(15)2-1-7-17-13/h1-7,12,18H,8,16H2. The van der Waals surface area contributed by atoms with Crippen LogP contribution in [0.2, 0.25) is 5.02 Å². The number of pyridine rings is 1. The van der Waals surface area contributed by atoms with Gasteiger partial charge < -0.3 is 0 Å². The average Bonchev–Trinajstić information content (AvgIpc) is 2.39. The molecule has 2 aromatic rings. The predicted octanol–water partition coefficient (Wildman–Crippen LogP) is 2.62. The normalized spacial score (nSPS) is 12.4. The molecule has 1 unspecified atom stereocenters. The maximum absolute atomic E-state index is 13.6. The molecular formula is C13H13ClFN3. The molecular weight excluding hydrogens is 253 g/mol. The van der Waals surface area contributed by atoms with Crippen molar-refractivity contribution in [1.29, 1.82) is 0 Å². The van der Waals surface area contributed by atoms with Crippen molar-refractivity contribution in [3.05, 3.63) is 64.7 Å². The van der Waals surface area contributed by atoms with Crippen molar-refractivity contribution in [2.24, 2.45) is 5.84 Å².